The van der Waals surface area contributed by atoms with Gasteiger partial charge in [0.2, 0.25) is 11.7 Å². The zero-order valence-electron chi connectivity index (χ0n) is 12.1. The van der Waals surface area contributed by atoms with Crippen molar-refractivity contribution in [3.63, 3.8) is 0 Å². The van der Waals surface area contributed by atoms with Gasteiger partial charge in [-0.2, -0.15) is 4.98 Å². The van der Waals surface area contributed by atoms with E-state index in [1.165, 1.54) is 13.4 Å². The van der Waals surface area contributed by atoms with Gasteiger partial charge in [-0.3, -0.25) is 8.97 Å². The monoisotopic (exact) mass is 321 g/mol. The minimum absolute atomic E-state index is 0.296. The lowest BCUT2D eigenvalue weighted by Gasteiger charge is -2.17. The van der Waals surface area contributed by atoms with Gasteiger partial charge in [-0.1, -0.05) is 0 Å². The molecule has 3 aromatic rings. The summed E-state index contributed by atoms with van der Waals surface area (Å²) in [5.74, 6) is 0.701. The van der Waals surface area contributed by atoms with Gasteiger partial charge in [0.05, 0.1) is 20.0 Å². The molecule has 0 unspecified atom stereocenters. The maximum atomic E-state index is 10.2. The topological polar surface area (TPSA) is 127 Å². The Bertz CT molecular complexity index is 861. The van der Waals surface area contributed by atoms with Crippen LogP contribution in [0.3, 0.4) is 0 Å². The first-order chi connectivity index (χ1) is 11.2. The maximum Gasteiger partial charge on any atom is 0.246 e. The van der Waals surface area contributed by atoms with Gasteiger partial charge in [0.1, 0.15) is 18.3 Å². The lowest BCUT2D eigenvalue weighted by molar-refractivity contribution is -0.0511. The van der Waals surface area contributed by atoms with Crippen LogP contribution in [0, 0.1) is 0 Å². The van der Waals surface area contributed by atoms with E-state index in [0.717, 1.165) is 0 Å². The summed E-state index contributed by atoms with van der Waals surface area (Å²) in [5.41, 5.74) is 1.02. The third kappa shape index (κ3) is 1.93. The lowest BCUT2D eigenvalue weighted by Crippen LogP contribution is -2.33. The van der Waals surface area contributed by atoms with Crippen molar-refractivity contribution < 1.29 is 24.8 Å². The highest BCUT2D eigenvalue weighted by molar-refractivity contribution is 5.79. The number of methoxy groups -OCH3 is 1. The number of hydrogen-bond donors (Lipinski definition) is 3. The number of aromatic nitrogens is 5. The number of aliphatic hydroxyl groups excluding tert-OH is 3. The smallest absolute Gasteiger partial charge is 0.246 e. The Hall–Kier alpha value is -2.27. The van der Waals surface area contributed by atoms with E-state index in [2.05, 4.69) is 15.0 Å². The van der Waals surface area contributed by atoms with Gasteiger partial charge in [0, 0.05) is 12.4 Å². The zero-order chi connectivity index (χ0) is 16.1. The highest BCUT2D eigenvalue weighted by Gasteiger charge is 2.44. The molecule has 3 N–H and O–H groups in total. The Balaban J connectivity index is 1.93. The highest BCUT2D eigenvalue weighted by atomic mass is 16.6. The Morgan fingerprint density at radius 2 is 2.13 bits per heavy atom. The predicted octanol–water partition coefficient (Wildman–Crippen LogP) is -1.30. The Morgan fingerprint density at radius 3 is 2.83 bits per heavy atom. The number of rotatable bonds is 3. The number of aliphatic hydroxyl groups is 3. The largest absolute Gasteiger partial charge is 0.479 e. The summed E-state index contributed by atoms with van der Waals surface area (Å²) < 4.78 is 14.1. The molecule has 1 saturated heterocycles. The maximum absolute atomic E-state index is 10.2. The standard InChI is InChI=1S/C13H15N5O5/c1-22-10-7-11(17-3-2-14-13(17)16-10)18(5-15-7)12-9(21)8(20)6(4-19)23-12/h2-3,5-6,8-9,12,19-21H,4H2,1H3/t6-,8-,9-,12-/m1/s1. The van der Waals surface area contributed by atoms with E-state index in [9.17, 15) is 15.3 Å². The molecular weight excluding hydrogens is 306 g/mol. The van der Waals surface area contributed by atoms with Gasteiger partial charge in [-0.15, -0.1) is 0 Å². The molecule has 1 fully saturated rings. The molecule has 0 amide bonds. The number of fused-ring (bicyclic) bond motifs is 3. The van der Waals surface area contributed by atoms with Gasteiger partial charge in [-0.25, -0.2) is 9.97 Å². The van der Waals surface area contributed by atoms with Gasteiger partial charge >= 0.3 is 0 Å². The summed E-state index contributed by atoms with van der Waals surface area (Å²) in [7, 11) is 1.48. The molecule has 4 rings (SSSR count). The molecule has 0 spiro atoms. The minimum atomic E-state index is -1.21. The van der Waals surface area contributed by atoms with Crippen LogP contribution in [0.2, 0.25) is 0 Å². The molecule has 4 atom stereocenters. The van der Waals surface area contributed by atoms with E-state index in [-0.39, 0.29) is 0 Å². The molecule has 0 aromatic carbocycles. The van der Waals surface area contributed by atoms with Crippen LogP contribution in [0.25, 0.3) is 16.9 Å². The SMILES string of the molecule is COc1nc2nccn2c2c1ncn2[C@@H]1O[C@H](CO)[C@@H](O)[C@H]1O. The summed E-state index contributed by atoms with van der Waals surface area (Å²) in [6.07, 6.45) is 0.583. The number of ether oxygens (including phenoxy) is 2. The summed E-state index contributed by atoms with van der Waals surface area (Å²) >= 11 is 0. The van der Waals surface area contributed by atoms with Crippen LogP contribution < -0.4 is 4.74 Å². The Labute approximate surface area is 129 Å². The first-order valence-corrected chi connectivity index (χ1v) is 7.01. The van der Waals surface area contributed by atoms with E-state index < -0.39 is 31.1 Å². The highest BCUT2D eigenvalue weighted by Crippen LogP contribution is 2.33. The molecule has 10 heteroatoms. The molecule has 3 aromatic heterocycles. The average Bonchev–Trinajstić information content (AvgIpc) is 3.25. The van der Waals surface area contributed by atoms with E-state index in [1.54, 1.807) is 21.4 Å². The van der Waals surface area contributed by atoms with Crippen LogP contribution in [0.5, 0.6) is 5.88 Å². The minimum Gasteiger partial charge on any atom is -0.479 e. The number of imidazole rings is 2. The number of hydrogen-bond acceptors (Lipinski definition) is 8. The van der Waals surface area contributed by atoms with Crippen molar-refractivity contribution in [2.75, 3.05) is 13.7 Å². The first kappa shape index (κ1) is 14.3. The average molecular weight is 321 g/mol. The molecule has 23 heavy (non-hydrogen) atoms. The van der Waals surface area contributed by atoms with E-state index >= 15 is 0 Å². The third-order valence-electron chi connectivity index (χ3n) is 4.01. The fourth-order valence-electron chi connectivity index (χ4n) is 2.87. The normalized spacial score (nSPS) is 28.0. The van der Waals surface area contributed by atoms with Crippen molar-refractivity contribution in [3.8, 4) is 5.88 Å². The van der Waals surface area contributed by atoms with Crippen LogP contribution in [-0.4, -0.2) is 71.3 Å². The summed E-state index contributed by atoms with van der Waals surface area (Å²) in [6.45, 7) is -0.396. The van der Waals surface area contributed by atoms with Crippen LogP contribution in [0.4, 0.5) is 0 Å². The molecule has 0 bridgehead atoms. The van der Waals surface area contributed by atoms with Gasteiger partial charge in [0.25, 0.3) is 0 Å². The molecule has 1 aliphatic heterocycles. The lowest BCUT2D eigenvalue weighted by atomic mass is 10.1. The van der Waals surface area contributed by atoms with Gasteiger partial charge in [-0.05, 0) is 0 Å². The van der Waals surface area contributed by atoms with Gasteiger partial charge < -0.3 is 24.8 Å². The van der Waals surface area contributed by atoms with Crippen molar-refractivity contribution in [2.45, 2.75) is 24.5 Å². The number of nitrogens with zero attached hydrogens (tertiary/aromatic N) is 5. The van der Waals surface area contributed by atoms with Crippen molar-refractivity contribution >= 4 is 16.9 Å². The molecule has 1 aliphatic rings. The van der Waals surface area contributed by atoms with E-state index in [0.29, 0.717) is 22.8 Å². The van der Waals surface area contributed by atoms with Gasteiger partial charge in [0.15, 0.2) is 17.4 Å². The van der Waals surface area contributed by atoms with Crippen molar-refractivity contribution in [2.24, 2.45) is 0 Å². The second-order valence-electron chi connectivity index (χ2n) is 5.27. The predicted molar refractivity (Wildman–Crippen MR) is 75.8 cm³/mol. The summed E-state index contributed by atoms with van der Waals surface area (Å²) in [4.78, 5) is 12.6. The molecule has 10 nitrogen and oxygen atoms in total. The Kier molecular flexibility index (Phi) is 3.20. The van der Waals surface area contributed by atoms with Crippen LogP contribution in [-0.2, 0) is 4.74 Å². The van der Waals surface area contributed by atoms with E-state index in [4.69, 9.17) is 9.47 Å². The summed E-state index contributed by atoms with van der Waals surface area (Å²) in [6, 6.07) is 0. The molecular formula is C13H15N5O5. The van der Waals surface area contributed by atoms with Crippen LogP contribution >= 0.6 is 0 Å². The molecule has 4 heterocycles. The second kappa shape index (κ2) is 5.13. The van der Waals surface area contributed by atoms with Crippen molar-refractivity contribution in [1.82, 2.24) is 23.9 Å². The van der Waals surface area contributed by atoms with Crippen LogP contribution in [0.1, 0.15) is 6.23 Å². The quantitative estimate of drug-likeness (QED) is 0.543. The molecule has 0 radical (unpaired) electrons. The third-order valence-corrected chi connectivity index (χ3v) is 4.01. The fourth-order valence-corrected chi connectivity index (χ4v) is 2.87. The summed E-state index contributed by atoms with van der Waals surface area (Å²) in [5, 5.41) is 29.4. The zero-order valence-corrected chi connectivity index (χ0v) is 12.1. The molecule has 0 aliphatic carbocycles. The van der Waals surface area contributed by atoms with Crippen LogP contribution in [0.15, 0.2) is 18.7 Å². The second-order valence-corrected chi connectivity index (χ2v) is 5.27. The van der Waals surface area contributed by atoms with Crippen molar-refractivity contribution in [1.29, 1.82) is 0 Å². The fraction of sp³-hybridized carbons (Fsp3) is 0.462. The molecule has 122 valence electrons. The first-order valence-electron chi connectivity index (χ1n) is 7.01. The van der Waals surface area contributed by atoms with E-state index in [1.807, 2.05) is 0 Å². The van der Waals surface area contributed by atoms with Crippen molar-refractivity contribution in [3.05, 3.63) is 18.7 Å². The molecule has 0 saturated carbocycles. The Morgan fingerprint density at radius 1 is 1.30 bits per heavy atom.